The number of rotatable bonds is 3. The third-order valence-electron chi connectivity index (χ3n) is 4.24. The van der Waals surface area contributed by atoms with Crippen molar-refractivity contribution in [3.8, 4) is 0 Å². The molecule has 96 valence electrons. The van der Waals surface area contributed by atoms with Gasteiger partial charge in [0, 0.05) is 23.1 Å². The average Bonchev–Trinajstić information content (AvgIpc) is 2.96. The van der Waals surface area contributed by atoms with Gasteiger partial charge < -0.3 is 10.3 Å². The first-order chi connectivity index (χ1) is 8.78. The molecule has 3 heteroatoms. The molecule has 0 radical (unpaired) electrons. The summed E-state index contributed by atoms with van der Waals surface area (Å²) >= 11 is 0. The van der Waals surface area contributed by atoms with Gasteiger partial charge in [0.15, 0.2) is 0 Å². The van der Waals surface area contributed by atoms with Crippen molar-refractivity contribution in [2.75, 3.05) is 7.05 Å². The third-order valence-corrected chi connectivity index (χ3v) is 4.24. The van der Waals surface area contributed by atoms with Crippen molar-refractivity contribution in [3.05, 3.63) is 35.8 Å². The molecule has 2 atom stereocenters. The van der Waals surface area contributed by atoms with Crippen molar-refractivity contribution in [2.45, 2.75) is 31.7 Å². The van der Waals surface area contributed by atoms with Crippen molar-refractivity contribution in [1.82, 2.24) is 10.3 Å². The average molecular weight is 246 g/mol. The molecule has 2 N–H and O–H groups in total. The second-order valence-corrected chi connectivity index (χ2v) is 5.29. The van der Waals surface area contributed by atoms with Crippen LogP contribution < -0.4 is 5.32 Å². The number of benzene rings is 1. The summed E-state index contributed by atoms with van der Waals surface area (Å²) in [5.41, 5.74) is 2.22. The smallest absolute Gasteiger partial charge is 0.125 e. The fraction of sp³-hybridized carbons (Fsp3) is 0.467. The zero-order valence-electron chi connectivity index (χ0n) is 10.7. The Morgan fingerprint density at radius 3 is 3.11 bits per heavy atom. The van der Waals surface area contributed by atoms with E-state index in [2.05, 4.69) is 10.3 Å². The van der Waals surface area contributed by atoms with E-state index in [9.17, 15) is 4.39 Å². The van der Waals surface area contributed by atoms with Crippen LogP contribution in [0.2, 0.25) is 0 Å². The van der Waals surface area contributed by atoms with Gasteiger partial charge in [0.25, 0.3) is 0 Å². The lowest BCUT2D eigenvalue weighted by molar-refractivity contribution is 0.424. The molecular weight excluding hydrogens is 227 g/mol. The summed E-state index contributed by atoms with van der Waals surface area (Å²) in [6, 6.07) is 5.64. The van der Waals surface area contributed by atoms with Crippen molar-refractivity contribution in [2.24, 2.45) is 5.92 Å². The third kappa shape index (κ3) is 2.03. The maximum absolute atomic E-state index is 13.1. The van der Waals surface area contributed by atoms with E-state index in [0.29, 0.717) is 12.0 Å². The standard InChI is InChI=1S/C15H19FN2/c1-17-14-4-2-3-10(14)7-11-9-18-15-8-12(16)5-6-13(11)15/h5-6,8-10,14,17-18H,2-4,7H2,1H3. The highest BCUT2D eigenvalue weighted by molar-refractivity contribution is 5.83. The van der Waals surface area contributed by atoms with E-state index >= 15 is 0 Å². The van der Waals surface area contributed by atoms with Crippen molar-refractivity contribution in [1.29, 1.82) is 0 Å². The highest BCUT2D eigenvalue weighted by Crippen LogP contribution is 2.31. The topological polar surface area (TPSA) is 27.8 Å². The minimum atomic E-state index is -0.176. The Kier molecular flexibility index (Phi) is 3.08. The number of aromatic nitrogens is 1. The Labute approximate surface area is 107 Å². The second kappa shape index (κ2) is 4.73. The molecule has 2 aromatic rings. The lowest BCUT2D eigenvalue weighted by atomic mass is 9.94. The van der Waals surface area contributed by atoms with Gasteiger partial charge in [-0.2, -0.15) is 0 Å². The van der Waals surface area contributed by atoms with Crippen LogP contribution in [0.1, 0.15) is 24.8 Å². The van der Waals surface area contributed by atoms with Crippen LogP contribution in [0, 0.1) is 11.7 Å². The molecule has 1 aromatic heterocycles. The SMILES string of the molecule is CNC1CCCC1Cc1c[nH]c2cc(F)ccc12. The summed E-state index contributed by atoms with van der Waals surface area (Å²) in [7, 11) is 2.05. The molecule has 1 heterocycles. The first kappa shape index (κ1) is 11.7. The predicted octanol–water partition coefficient (Wildman–Crippen LogP) is 3.24. The first-order valence-corrected chi connectivity index (χ1v) is 6.70. The molecule has 0 spiro atoms. The number of nitrogens with one attached hydrogen (secondary N) is 2. The van der Waals surface area contributed by atoms with Gasteiger partial charge in [-0.3, -0.25) is 0 Å². The van der Waals surface area contributed by atoms with Crippen molar-refractivity contribution in [3.63, 3.8) is 0 Å². The molecule has 1 aliphatic carbocycles. The van der Waals surface area contributed by atoms with Gasteiger partial charge in [-0.1, -0.05) is 6.42 Å². The summed E-state index contributed by atoms with van der Waals surface area (Å²) in [6.45, 7) is 0. The molecule has 1 fully saturated rings. The van der Waals surface area contributed by atoms with Crippen molar-refractivity contribution >= 4 is 10.9 Å². The molecule has 0 bridgehead atoms. The Bertz CT molecular complexity index is 546. The lowest BCUT2D eigenvalue weighted by Crippen LogP contribution is -2.29. The van der Waals surface area contributed by atoms with E-state index < -0.39 is 0 Å². The van der Waals surface area contributed by atoms with Crippen LogP contribution in [0.4, 0.5) is 4.39 Å². The van der Waals surface area contributed by atoms with Crippen LogP contribution in [-0.2, 0) is 6.42 Å². The van der Waals surface area contributed by atoms with Crippen LogP contribution >= 0.6 is 0 Å². The molecule has 1 aliphatic rings. The molecule has 0 saturated heterocycles. The first-order valence-electron chi connectivity index (χ1n) is 6.70. The highest BCUT2D eigenvalue weighted by Gasteiger charge is 2.26. The normalized spacial score (nSPS) is 23.9. The van der Waals surface area contributed by atoms with Gasteiger partial charge in [0.1, 0.15) is 5.82 Å². The fourth-order valence-electron chi connectivity index (χ4n) is 3.27. The quantitative estimate of drug-likeness (QED) is 0.855. The highest BCUT2D eigenvalue weighted by atomic mass is 19.1. The lowest BCUT2D eigenvalue weighted by Gasteiger charge is -2.18. The minimum Gasteiger partial charge on any atom is -0.361 e. The Morgan fingerprint density at radius 2 is 2.28 bits per heavy atom. The number of hydrogen-bond donors (Lipinski definition) is 2. The van der Waals surface area contributed by atoms with E-state index in [-0.39, 0.29) is 5.82 Å². The van der Waals surface area contributed by atoms with E-state index in [1.165, 1.54) is 24.8 Å². The van der Waals surface area contributed by atoms with Crippen LogP contribution in [0.15, 0.2) is 24.4 Å². The summed E-state index contributed by atoms with van der Waals surface area (Å²) < 4.78 is 13.1. The molecule has 2 nitrogen and oxygen atoms in total. The summed E-state index contributed by atoms with van der Waals surface area (Å²) in [6.07, 6.45) is 7.00. The molecule has 0 aliphatic heterocycles. The summed E-state index contributed by atoms with van der Waals surface area (Å²) in [5, 5.41) is 4.58. The largest absolute Gasteiger partial charge is 0.361 e. The predicted molar refractivity (Wildman–Crippen MR) is 72.1 cm³/mol. The van der Waals surface area contributed by atoms with Crippen LogP contribution in [-0.4, -0.2) is 18.1 Å². The molecular formula is C15H19FN2. The van der Waals surface area contributed by atoms with E-state index in [1.54, 1.807) is 12.1 Å². The van der Waals surface area contributed by atoms with E-state index in [1.807, 2.05) is 19.3 Å². The van der Waals surface area contributed by atoms with E-state index in [4.69, 9.17) is 0 Å². The minimum absolute atomic E-state index is 0.176. The molecule has 18 heavy (non-hydrogen) atoms. The molecule has 1 saturated carbocycles. The number of fused-ring (bicyclic) bond motifs is 1. The Morgan fingerprint density at radius 1 is 1.39 bits per heavy atom. The van der Waals surface area contributed by atoms with Gasteiger partial charge in [-0.05, 0) is 56.0 Å². The van der Waals surface area contributed by atoms with Gasteiger partial charge in [-0.15, -0.1) is 0 Å². The monoisotopic (exact) mass is 246 g/mol. The van der Waals surface area contributed by atoms with Crippen LogP contribution in [0.3, 0.4) is 0 Å². The zero-order chi connectivity index (χ0) is 12.5. The Hall–Kier alpha value is -1.35. The number of H-pyrrole nitrogens is 1. The summed E-state index contributed by atoms with van der Waals surface area (Å²) in [5.74, 6) is 0.531. The molecule has 0 amide bonds. The molecule has 2 unspecified atom stereocenters. The van der Waals surface area contributed by atoms with Gasteiger partial charge >= 0.3 is 0 Å². The Balaban J connectivity index is 1.86. The number of aromatic amines is 1. The fourth-order valence-corrected chi connectivity index (χ4v) is 3.27. The number of hydrogen-bond acceptors (Lipinski definition) is 1. The van der Waals surface area contributed by atoms with E-state index in [0.717, 1.165) is 17.3 Å². The zero-order valence-corrected chi connectivity index (χ0v) is 10.7. The van der Waals surface area contributed by atoms with Crippen LogP contribution in [0.25, 0.3) is 10.9 Å². The number of halogens is 1. The second-order valence-electron chi connectivity index (χ2n) is 5.29. The van der Waals surface area contributed by atoms with Crippen molar-refractivity contribution < 1.29 is 4.39 Å². The van der Waals surface area contributed by atoms with Gasteiger partial charge in [0.2, 0.25) is 0 Å². The molecule has 3 rings (SSSR count). The maximum Gasteiger partial charge on any atom is 0.125 e. The van der Waals surface area contributed by atoms with Gasteiger partial charge in [0.05, 0.1) is 0 Å². The van der Waals surface area contributed by atoms with Crippen LogP contribution in [0.5, 0.6) is 0 Å². The summed E-state index contributed by atoms with van der Waals surface area (Å²) in [4.78, 5) is 3.18. The molecule has 1 aromatic carbocycles. The van der Waals surface area contributed by atoms with Gasteiger partial charge in [-0.25, -0.2) is 4.39 Å². The maximum atomic E-state index is 13.1.